The van der Waals surface area contributed by atoms with Gasteiger partial charge in [0.2, 0.25) is 5.75 Å². The molecule has 1 aromatic heterocycles. The van der Waals surface area contributed by atoms with Crippen molar-refractivity contribution in [2.24, 2.45) is 0 Å². The lowest BCUT2D eigenvalue weighted by Gasteiger charge is -2.31. The summed E-state index contributed by atoms with van der Waals surface area (Å²) in [6.07, 6.45) is 2.28. The Morgan fingerprint density at radius 3 is 2.58 bits per heavy atom. The number of hydrogen-bond acceptors (Lipinski definition) is 10. The van der Waals surface area contributed by atoms with E-state index in [9.17, 15) is 17.6 Å². The first-order chi connectivity index (χ1) is 17.2. The van der Waals surface area contributed by atoms with E-state index < -0.39 is 21.8 Å². The Kier molecular flexibility index (Phi) is 9.32. The highest BCUT2D eigenvalue weighted by Gasteiger charge is 2.26. The lowest BCUT2D eigenvalue weighted by atomic mass is 10.1. The highest BCUT2D eigenvalue weighted by atomic mass is 32.2. The molecule has 36 heavy (non-hydrogen) atoms. The zero-order valence-electron chi connectivity index (χ0n) is 20.8. The van der Waals surface area contributed by atoms with Crippen molar-refractivity contribution in [2.75, 3.05) is 31.3 Å². The maximum atomic E-state index is 14.7. The van der Waals surface area contributed by atoms with E-state index in [1.807, 2.05) is 6.92 Å². The molecule has 0 aliphatic carbocycles. The van der Waals surface area contributed by atoms with Gasteiger partial charge in [-0.1, -0.05) is 13.8 Å². The Morgan fingerprint density at radius 1 is 1.25 bits per heavy atom. The van der Waals surface area contributed by atoms with Gasteiger partial charge in [0.15, 0.2) is 21.4 Å². The second kappa shape index (κ2) is 12.2. The van der Waals surface area contributed by atoms with Crippen LogP contribution >= 0.6 is 0 Å². The van der Waals surface area contributed by atoms with Crippen molar-refractivity contribution in [2.45, 2.75) is 57.1 Å². The number of pyridine rings is 1. The molecular weight excluding hydrogens is 493 g/mol. The molecule has 2 aromatic rings. The summed E-state index contributed by atoms with van der Waals surface area (Å²) in [5, 5.41) is 4.40. The molecule has 198 valence electrons. The second-order valence-electron chi connectivity index (χ2n) is 8.29. The molecule has 1 saturated heterocycles. The van der Waals surface area contributed by atoms with Crippen molar-refractivity contribution in [1.82, 2.24) is 10.0 Å². The molecule has 0 radical (unpaired) electrons. The number of benzene rings is 1. The van der Waals surface area contributed by atoms with Gasteiger partial charge >= 0.3 is 6.16 Å². The molecular formula is C24H32FN3O7S. The number of rotatable bonds is 10. The normalized spacial score (nSPS) is 15.7. The SMILES string of the molecule is CCC(C)OC(=O)ON1CCC(Oc2ccnc(Nc3ccc(S(=O)(=O)CC)cc3F)c2OC)CC1. The van der Waals surface area contributed by atoms with Gasteiger partial charge < -0.3 is 24.4 Å². The van der Waals surface area contributed by atoms with Crippen molar-refractivity contribution in [3.8, 4) is 11.5 Å². The molecule has 1 atom stereocenters. The maximum Gasteiger partial charge on any atom is 0.528 e. The second-order valence-corrected chi connectivity index (χ2v) is 10.6. The maximum absolute atomic E-state index is 14.7. The molecule has 1 aliphatic heterocycles. The van der Waals surface area contributed by atoms with Gasteiger partial charge in [-0.3, -0.25) is 0 Å². The Labute approximate surface area is 210 Å². The smallest absolute Gasteiger partial charge is 0.490 e. The van der Waals surface area contributed by atoms with Crippen LogP contribution in [-0.4, -0.2) is 62.8 Å². The fraction of sp³-hybridized carbons (Fsp3) is 0.500. The van der Waals surface area contributed by atoms with E-state index in [-0.39, 0.29) is 40.1 Å². The Morgan fingerprint density at radius 2 is 1.97 bits per heavy atom. The summed E-state index contributed by atoms with van der Waals surface area (Å²) in [5.74, 6) is 0.0443. The lowest BCUT2D eigenvalue weighted by Crippen LogP contribution is -2.40. The Hall–Kier alpha value is -3.12. The quantitative estimate of drug-likeness (QED) is 0.445. The Balaban J connectivity index is 1.64. The fourth-order valence-corrected chi connectivity index (χ4v) is 4.38. The predicted molar refractivity (Wildman–Crippen MR) is 131 cm³/mol. The first-order valence-electron chi connectivity index (χ1n) is 11.8. The van der Waals surface area contributed by atoms with Crippen LogP contribution < -0.4 is 14.8 Å². The summed E-state index contributed by atoms with van der Waals surface area (Å²) in [5.41, 5.74) is 0.0442. The first-order valence-corrected chi connectivity index (χ1v) is 13.4. The minimum atomic E-state index is -3.53. The van der Waals surface area contributed by atoms with Gasteiger partial charge in [-0.05, 0) is 31.5 Å². The van der Waals surface area contributed by atoms with Crippen LogP contribution in [-0.2, 0) is 19.4 Å². The molecule has 1 aliphatic rings. The molecule has 0 bridgehead atoms. The number of hydroxylamine groups is 2. The number of nitrogens with zero attached hydrogens (tertiary/aromatic N) is 2. The van der Waals surface area contributed by atoms with Crippen LogP contribution in [0.1, 0.15) is 40.0 Å². The molecule has 2 heterocycles. The van der Waals surface area contributed by atoms with Crippen LogP contribution in [0.3, 0.4) is 0 Å². The number of nitrogens with one attached hydrogen (secondary N) is 1. The van der Waals surface area contributed by atoms with Gasteiger partial charge in [-0.15, -0.1) is 5.06 Å². The zero-order valence-corrected chi connectivity index (χ0v) is 21.6. The molecule has 1 N–H and O–H groups in total. The molecule has 1 fully saturated rings. The lowest BCUT2D eigenvalue weighted by molar-refractivity contribution is -0.152. The molecule has 10 nitrogen and oxygen atoms in total. The summed E-state index contributed by atoms with van der Waals surface area (Å²) in [6, 6.07) is 5.30. The highest BCUT2D eigenvalue weighted by molar-refractivity contribution is 7.91. The highest BCUT2D eigenvalue weighted by Crippen LogP contribution is 2.37. The molecule has 0 saturated carbocycles. The van der Waals surface area contributed by atoms with Gasteiger partial charge in [0, 0.05) is 38.2 Å². The summed E-state index contributed by atoms with van der Waals surface area (Å²) in [7, 11) is -2.08. The number of hydrogen-bond donors (Lipinski definition) is 1. The topological polar surface area (TPSA) is 116 Å². The van der Waals surface area contributed by atoms with E-state index in [4.69, 9.17) is 19.0 Å². The van der Waals surface area contributed by atoms with Gasteiger partial charge in [-0.25, -0.2) is 22.6 Å². The van der Waals surface area contributed by atoms with Crippen LogP contribution in [0.15, 0.2) is 35.4 Å². The van der Waals surface area contributed by atoms with Crippen molar-refractivity contribution in [1.29, 1.82) is 0 Å². The van der Waals surface area contributed by atoms with Gasteiger partial charge in [0.1, 0.15) is 18.0 Å². The number of halogens is 1. The number of ether oxygens (including phenoxy) is 3. The molecule has 3 rings (SSSR count). The number of sulfone groups is 1. The van der Waals surface area contributed by atoms with Crippen LogP contribution in [0.2, 0.25) is 0 Å². The van der Waals surface area contributed by atoms with Crippen LogP contribution in [0, 0.1) is 5.82 Å². The van der Waals surface area contributed by atoms with Crippen LogP contribution in [0.4, 0.5) is 20.7 Å². The molecule has 1 aromatic carbocycles. The summed E-state index contributed by atoms with van der Waals surface area (Å²) >= 11 is 0. The number of methoxy groups -OCH3 is 1. The minimum Gasteiger partial charge on any atom is -0.490 e. The van der Waals surface area contributed by atoms with E-state index in [0.29, 0.717) is 38.1 Å². The number of piperidine rings is 1. The third-order valence-electron chi connectivity index (χ3n) is 5.78. The van der Waals surface area contributed by atoms with E-state index in [1.54, 1.807) is 18.1 Å². The third-order valence-corrected chi connectivity index (χ3v) is 7.51. The van der Waals surface area contributed by atoms with E-state index in [0.717, 1.165) is 6.07 Å². The number of carbonyl (C=O) groups is 1. The average Bonchev–Trinajstić information content (AvgIpc) is 2.86. The van der Waals surface area contributed by atoms with Crippen molar-refractivity contribution in [3.63, 3.8) is 0 Å². The molecule has 0 spiro atoms. The first kappa shape index (κ1) is 27.5. The summed E-state index contributed by atoms with van der Waals surface area (Å²) < 4.78 is 55.4. The largest absolute Gasteiger partial charge is 0.528 e. The van der Waals surface area contributed by atoms with E-state index in [1.165, 1.54) is 32.4 Å². The zero-order chi connectivity index (χ0) is 26.3. The molecule has 0 amide bonds. The van der Waals surface area contributed by atoms with Gasteiger partial charge in [-0.2, -0.15) is 0 Å². The monoisotopic (exact) mass is 525 g/mol. The van der Waals surface area contributed by atoms with Crippen molar-refractivity contribution in [3.05, 3.63) is 36.3 Å². The van der Waals surface area contributed by atoms with Gasteiger partial charge in [0.25, 0.3) is 0 Å². The van der Waals surface area contributed by atoms with Crippen molar-refractivity contribution < 1.29 is 36.7 Å². The standard InChI is InChI=1S/C24H32FN3O7S/c1-5-16(3)33-24(29)35-28-13-10-17(11-14-28)34-21-9-12-26-23(22(21)32-4)27-20-8-7-18(15-19(20)25)36(30,31)6-2/h7-9,12,15-17H,5-6,10-11,13-14H2,1-4H3,(H,26,27). The predicted octanol–water partition coefficient (Wildman–Crippen LogP) is 4.48. The van der Waals surface area contributed by atoms with E-state index >= 15 is 0 Å². The molecule has 12 heteroatoms. The van der Waals surface area contributed by atoms with Crippen LogP contribution in [0.25, 0.3) is 0 Å². The summed E-state index contributed by atoms with van der Waals surface area (Å²) in [4.78, 5) is 21.2. The third kappa shape index (κ3) is 6.97. The molecule has 1 unspecified atom stereocenters. The van der Waals surface area contributed by atoms with Crippen LogP contribution in [0.5, 0.6) is 11.5 Å². The fourth-order valence-electron chi connectivity index (χ4n) is 3.49. The summed E-state index contributed by atoms with van der Waals surface area (Å²) in [6.45, 7) is 6.15. The van der Waals surface area contributed by atoms with E-state index in [2.05, 4.69) is 10.3 Å². The number of anilines is 2. The number of aromatic nitrogens is 1. The van der Waals surface area contributed by atoms with Crippen molar-refractivity contribution >= 4 is 27.5 Å². The average molecular weight is 526 g/mol. The minimum absolute atomic E-state index is 0.0442. The Bertz CT molecular complexity index is 1150. The number of carbonyl (C=O) groups excluding carboxylic acids is 1. The van der Waals surface area contributed by atoms with Gasteiger partial charge in [0.05, 0.1) is 23.4 Å².